The van der Waals surface area contributed by atoms with Gasteiger partial charge in [0, 0.05) is 22.5 Å². The Labute approximate surface area is 112 Å². The molecule has 0 aliphatic carbocycles. The van der Waals surface area contributed by atoms with Crippen molar-refractivity contribution in [2.45, 2.75) is 6.42 Å². The maximum absolute atomic E-state index is 5.63. The third-order valence-corrected chi connectivity index (χ3v) is 3.29. The molecule has 0 unspecified atom stereocenters. The molecule has 0 saturated heterocycles. The third-order valence-electron chi connectivity index (χ3n) is 2.63. The lowest BCUT2D eigenvalue weighted by Crippen LogP contribution is -1.97. The van der Waals surface area contributed by atoms with Crippen LogP contribution in [0, 0.1) is 0 Å². The van der Waals surface area contributed by atoms with E-state index in [2.05, 4.69) is 21.1 Å². The fourth-order valence-corrected chi connectivity index (χ4v) is 2.31. The van der Waals surface area contributed by atoms with Crippen molar-refractivity contribution in [2.75, 3.05) is 18.9 Å². The minimum atomic E-state index is 0.351. The molecule has 2 N–H and O–H groups in total. The number of halogens is 1. The Morgan fingerprint density at radius 1 is 1.11 bits per heavy atom. The smallest absolute Gasteiger partial charge is 0.170 e. The highest BCUT2D eigenvalue weighted by Gasteiger charge is 2.17. The van der Waals surface area contributed by atoms with Crippen molar-refractivity contribution in [2.24, 2.45) is 0 Å². The zero-order chi connectivity index (χ0) is 12.5. The lowest BCUT2D eigenvalue weighted by atomic mass is 10.1. The fourth-order valence-electron chi connectivity index (χ4n) is 1.79. The topological polar surface area (TPSA) is 70.5 Å². The Morgan fingerprint density at radius 2 is 1.83 bits per heavy atom. The van der Waals surface area contributed by atoms with Crippen LogP contribution in [0.2, 0.25) is 0 Å². The summed E-state index contributed by atoms with van der Waals surface area (Å²) < 4.78 is 17.2. The van der Waals surface area contributed by atoms with Crippen LogP contribution in [0.15, 0.2) is 27.2 Å². The molecule has 0 saturated carbocycles. The summed E-state index contributed by atoms with van der Waals surface area (Å²) in [5.74, 6) is 2.38. The number of nitrogens with zero attached hydrogens (tertiary/aromatic N) is 1. The molecule has 1 aliphatic heterocycles. The molecule has 0 radical (unpaired) electrons. The van der Waals surface area contributed by atoms with Gasteiger partial charge in [0.1, 0.15) is 0 Å². The molecule has 18 heavy (non-hydrogen) atoms. The van der Waals surface area contributed by atoms with Gasteiger partial charge in [0.15, 0.2) is 23.1 Å². The van der Waals surface area contributed by atoms with E-state index >= 15 is 0 Å². The van der Waals surface area contributed by atoms with E-state index in [0.29, 0.717) is 30.5 Å². The van der Waals surface area contributed by atoms with E-state index in [9.17, 15) is 0 Å². The summed E-state index contributed by atoms with van der Waals surface area (Å²) in [4.78, 5) is 0. The Bertz CT molecular complexity index is 583. The molecule has 0 amide bonds. The van der Waals surface area contributed by atoms with E-state index in [0.717, 1.165) is 22.2 Å². The van der Waals surface area contributed by atoms with Gasteiger partial charge in [0.25, 0.3) is 0 Å². The summed E-state index contributed by atoms with van der Waals surface area (Å²) in [6.07, 6.45) is 0.872. The SMILES string of the molecule is Nc1cc(-c2cc3c(cc2Br)OCCCO3)on1. The number of fused-ring (bicyclic) bond motifs is 1. The number of hydrogen-bond donors (Lipinski definition) is 1. The molecule has 3 rings (SSSR count). The van der Waals surface area contributed by atoms with Crippen LogP contribution < -0.4 is 15.2 Å². The van der Waals surface area contributed by atoms with E-state index in [1.807, 2.05) is 12.1 Å². The maximum atomic E-state index is 5.63. The zero-order valence-electron chi connectivity index (χ0n) is 9.48. The molecule has 5 nitrogen and oxygen atoms in total. The van der Waals surface area contributed by atoms with E-state index in [1.54, 1.807) is 6.07 Å². The molecule has 2 aromatic rings. The van der Waals surface area contributed by atoms with Gasteiger partial charge in [0.05, 0.1) is 13.2 Å². The number of hydrogen-bond acceptors (Lipinski definition) is 5. The minimum Gasteiger partial charge on any atom is -0.490 e. The van der Waals surface area contributed by atoms with Gasteiger partial charge in [-0.2, -0.15) is 0 Å². The van der Waals surface area contributed by atoms with Gasteiger partial charge in [0.2, 0.25) is 0 Å². The summed E-state index contributed by atoms with van der Waals surface area (Å²) in [7, 11) is 0. The quantitative estimate of drug-likeness (QED) is 0.877. The second kappa shape index (κ2) is 4.53. The molecule has 0 atom stereocenters. The Balaban J connectivity index is 2.08. The highest BCUT2D eigenvalue weighted by Crippen LogP contribution is 2.40. The first kappa shape index (κ1) is 11.4. The van der Waals surface area contributed by atoms with E-state index in [4.69, 9.17) is 19.7 Å². The number of benzene rings is 1. The molecule has 1 aromatic carbocycles. The van der Waals surface area contributed by atoms with Gasteiger partial charge in [-0.25, -0.2) is 0 Å². The standard InChI is InChI=1S/C12H11BrN2O3/c13-8-5-11-10(16-2-1-3-17-11)4-7(8)9-6-12(14)15-18-9/h4-6H,1-3H2,(H2,14,15). The average Bonchev–Trinajstić information content (AvgIpc) is 2.65. The number of anilines is 1. The molecule has 0 fully saturated rings. The second-order valence-corrected chi connectivity index (χ2v) is 4.80. The van der Waals surface area contributed by atoms with Crippen LogP contribution in [-0.4, -0.2) is 18.4 Å². The summed E-state index contributed by atoms with van der Waals surface area (Å²) >= 11 is 3.48. The number of nitrogen functional groups attached to an aromatic ring is 1. The lowest BCUT2D eigenvalue weighted by molar-refractivity contribution is 0.297. The third kappa shape index (κ3) is 2.03. The van der Waals surface area contributed by atoms with Gasteiger partial charge < -0.3 is 19.7 Å². The normalized spacial score (nSPS) is 14.3. The first-order valence-corrected chi connectivity index (χ1v) is 6.35. The molecular formula is C12H11BrN2O3. The lowest BCUT2D eigenvalue weighted by Gasteiger charge is -2.09. The van der Waals surface area contributed by atoms with Gasteiger partial charge in [-0.15, -0.1) is 0 Å². The van der Waals surface area contributed by atoms with Crippen LogP contribution >= 0.6 is 15.9 Å². The largest absolute Gasteiger partial charge is 0.490 e. The molecule has 6 heteroatoms. The van der Waals surface area contributed by atoms with Crippen molar-refractivity contribution in [1.29, 1.82) is 0 Å². The van der Waals surface area contributed by atoms with E-state index in [1.165, 1.54) is 0 Å². The fraction of sp³-hybridized carbons (Fsp3) is 0.250. The van der Waals surface area contributed by atoms with Crippen molar-refractivity contribution in [3.05, 3.63) is 22.7 Å². The van der Waals surface area contributed by atoms with E-state index in [-0.39, 0.29) is 0 Å². The number of ether oxygens (including phenoxy) is 2. The second-order valence-electron chi connectivity index (χ2n) is 3.95. The molecule has 2 heterocycles. The highest BCUT2D eigenvalue weighted by molar-refractivity contribution is 9.10. The summed E-state index contributed by atoms with van der Waals surface area (Å²) in [5.41, 5.74) is 6.39. The van der Waals surface area contributed by atoms with Crippen LogP contribution in [0.4, 0.5) is 5.82 Å². The van der Waals surface area contributed by atoms with Crippen molar-refractivity contribution in [3.63, 3.8) is 0 Å². The van der Waals surface area contributed by atoms with Gasteiger partial charge in [-0.1, -0.05) is 5.16 Å². The van der Waals surface area contributed by atoms with Crippen molar-refractivity contribution < 1.29 is 14.0 Å². The molecule has 0 bridgehead atoms. The molecule has 1 aliphatic rings. The van der Waals surface area contributed by atoms with Crippen molar-refractivity contribution in [3.8, 4) is 22.8 Å². The molecular weight excluding hydrogens is 300 g/mol. The van der Waals surface area contributed by atoms with Crippen molar-refractivity contribution in [1.82, 2.24) is 5.16 Å². The summed E-state index contributed by atoms with van der Waals surface area (Å²) in [6, 6.07) is 5.41. The first-order chi connectivity index (χ1) is 8.74. The van der Waals surface area contributed by atoms with Crippen LogP contribution in [0.5, 0.6) is 11.5 Å². The Kier molecular flexibility index (Phi) is 2.87. The monoisotopic (exact) mass is 310 g/mol. The number of nitrogens with two attached hydrogens (primary N) is 1. The molecule has 1 aromatic heterocycles. The summed E-state index contributed by atoms with van der Waals surface area (Å²) in [6.45, 7) is 1.31. The van der Waals surface area contributed by atoms with E-state index < -0.39 is 0 Å². The van der Waals surface area contributed by atoms with Gasteiger partial charge >= 0.3 is 0 Å². The van der Waals surface area contributed by atoms with Gasteiger partial charge in [-0.05, 0) is 28.1 Å². The maximum Gasteiger partial charge on any atom is 0.170 e. The highest BCUT2D eigenvalue weighted by atomic mass is 79.9. The average molecular weight is 311 g/mol. The predicted octanol–water partition coefficient (Wildman–Crippen LogP) is 2.85. The van der Waals surface area contributed by atoms with Crippen LogP contribution in [0.25, 0.3) is 11.3 Å². The van der Waals surface area contributed by atoms with Crippen LogP contribution in [0.3, 0.4) is 0 Å². The van der Waals surface area contributed by atoms with Crippen molar-refractivity contribution >= 4 is 21.7 Å². The van der Waals surface area contributed by atoms with Crippen LogP contribution in [0.1, 0.15) is 6.42 Å². The Hall–Kier alpha value is -1.69. The predicted molar refractivity (Wildman–Crippen MR) is 69.7 cm³/mol. The minimum absolute atomic E-state index is 0.351. The van der Waals surface area contributed by atoms with Gasteiger partial charge in [-0.3, -0.25) is 0 Å². The van der Waals surface area contributed by atoms with Crippen LogP contribution in [-0.2, 0) is 0 Å². The molecule has 0 spiro atoms. The summed E-state index contributed by atoms with van der Waals surface area (Å²) in [5, 5.41) is 3.67. The molecule has 94 valence electrons. The first-order valence-electron chi connectivity index (χ1n) is 5.56. The Morgan fingerprint density at radius 3 is 2.50 bits per heavy atom. The zero-order valence-corrected chi connectivity index (χ0v) is 11.1. The number of rotatable bonds is 1. The number of aromatic nitrogens is 1.